The molecule has 6 heterocycles. The molecule has 12 atom stereocenters. The predicted molar refractivity (Wildman–Crippen MR) is 292 cm³/mol. The van der Waals surface area contributed by atoms with Crippen LogP contribution in [0.2, 0.25) is 5.02 Å². The van der Waals surface area contributed by atoms with Crippen LogP contribution < -0.4 is 15.4 Å². The fraction of sp³-hybridized carbons (Fsp3) is 0.541. The van der Waals surface area contributed by atoms with Gasteiger partial charge in [0.1, 0.15) is 17.3 Å². The lowest BCUT2D eigenvalue weighted by molar-refractivity contribution is -0.154. The van der Waals surface area contributed by atoms with Gasteiger partial charge in [-0.25, -0.2) is 4.98 Å². The second kappa shape index (κ2) is 21.2. The van der Waals surface area contributed by atoms with Gasteiger partial charge in [-0.05, 0) is 152 Å². The smallest absolute Gasteiger partial charge is 0.416 e. The van der Waals surface area contributed by atoms with E-state index in [4.69, 9.17) is 26.1 Å². The van der Waals surface area contributed by atoms with E-state index in [1.54, 1.807) is 13.2 Å². The summed E-state index contributed by atoms with van der Waals surface area (Å²) in [5.74, 6) is 1.97. The Morgan fingerprint density at radius 1 is 0.855 bits per heavy atom. The second-order valence-electron chi connectivity index (χ2n) is 23.3. The van der Waals surface area contributed by atoms with Crippen LogP contribution >= 0.6 is 11.6 Å². The molecule has 76 heavy (non-hydrogen) atoms. The third kappa shape index (κ3) is 9.23. The van der Waals surface area contributed by atoms with Gasteiger partial charge in [0.15, 0.2) is 5.78 Å². The van der Waals surface area contributed by atoms with Crippen LogP contribution in [0.4, 0.5) is 13.2 Å². The first-order valence-electron chi connectivity index (χ1n) is 27.8. The molecule has 11 rings (SSSR count). The van der Waals surface area contributed by atoms with Gasteiger partial charge < -0.3 is 24.7 Å². The number of hydrogen-bond donors (Lipinski definition) is 2. The fourth-order valence-corrected chi connectivity index (χ4v) is 15.9. The van der Waals surface area contributed by atoms with E-state index in [-0.39, 0.29) is 72.6 Å². The first-order valence-corrected chi connectivity index (χ1v) is 28.2. The maximum atomic E-state index is 17.5. The third-order valence-corrected chi connectivity index (χ3v) is 19.7. The van der Waals surface area contributed by atoms with E-state index >= 15 is 4.79 Å². The fourth-order valence-electron chi connectivity index (χ4n) is 15.8. The molecule has 2 N–H and O–H groups in total. The van der Waals surface area contributed by atoms with Crippen molar-refractivity contribution in [3.8, 4) is 22.8 Å². The van der Waals surface area contributed by atoms with Crippen molar-refractivity contribution in [1.82, 2.24) is 39.8 Å². The number of benzene rings is 4. The summed E-state index contributed by atoms with van der Waals surface area (Å²) in [6.07, 6.45) is 3.38. The lowest BCUT2D eigenvalue weighted by atomic mass is 9.54. The number of likely N-dealkylation sites (tertiary alicyclic amines) is 3. The molecule has 11 nitrogen and oxygen atoms in total. The molecule has 1 aromatic heterocycles. The monoisotopic (exact) mass is 1060 g/mol. The molecule has 1 saturated carbocycles. The number of likely N-dealkylation sites (N-methyl/N-ethyl adjacent to an activating group) is 2. The minimum absolute atomic E-state index is 0.0905. The van der Waals surface area contributed by atoms with Gasteiger partial charge in [-0.2, -0.15) is 13.2 Å². The number of halogens is 4. The molecule has 6 fully saturated rings. The molecule has 0 amide bonds. The summed E-state index contributed by atoms with van der Waals surface area (Å²) in [6.45, 7) is 11.1. The lowest BCUT2D eigenvalue weighted by Gasteiger charge is -2.57. The van der Waals surface area contributed by atoms with E-state index in [1.165, 1.54) is 30.0 Å². The quantitative estimate of drug-likeness (QED) is 0.112. The number of imidazole rings is 1. The standard InChI is InChI=1S/C61H76ClF3N8O3/c1-8-59-53-30-44(28-40-14-10-9-11-15-40)56(59)69(4)38(2)33-66-52-32-47(29-41-16-22-46(62)23-17-41)70(5)57-49(37-75-7)68-55(60(52,57)58(59)74)39(3)73(53)35-43-18-21-45(61(63,64)65)31-51(43)76-48-24-19-42(20-25-48)50-34-67-54(71(50)6)36-72-26-12-13-27-72/h9-11,14-25,31,34,38-39,44,47,49,52-53,55-57,66,68H,8,12-13,26-30,32-33,35-37H2,1-7H3/t38-,39-,44+,47-,49+,52?,53?,55?,56?,57?,59?,60?/m0/s1. The molecule has 15 heteroatoms. The Hall–Kier alpha value is -4.64. The van der Waals surface area contributed by atoms with Crippen molar-refractivity contribution in [3.63, 3.8) is 0 Å². The van der Waals surface area contributed by atoms with Gasteiger partial charge in [0.25, 0.3) is 0 Å². The van der Waals surface area contributed by atoms with E-state index in [9.17, 15) is 13.2 Å². The van der Waals surface area contributed by atoms with Gasteiger partial charge >= 0.3 is 6.18 Å². The van der Waals surface area contributed by atoms with Crippen molar-refractivity contribution < 1.29 is 27.4 Å². The van der Waals surface area contributed by atoms with Crippen LogP contribution in [0, 0.1) is 16.7 Å². The Balaban J connectivity index is 1.02. The Bertz CT molecular complexity index is 2850. The van der Waals surface area contributed by atoms with Crippen LogP contribution in [0.5, 0.6) is 11.5 Å². The van der Waals surface area contributed by atoms with Crippen LogP contribution in [-0.4, -0.2) is 137 Å². The molecule has 6 aliphatic rings. The van der Waals surface area contributed by atoms with Crippen LogP contribution in [0.15, 0.2) is 103 Å². The van der Waals surface area contributed by atoms with Gasteiger partial charge in [0.05, 0.1) is 41.4 Å². The normalized spacial score (nSPS) is 32.2. The summed E-state index contributed by atoms with van der Waals surface area (Å²) in [5.41, 5.74) is 2.39. The molecular weight excluding hydrogens is 985 g/mol. The number of ketones is 1. The summed E-state index contributed by atoms with van der Waals surface area (Å²) in [7, 11) is 8.22. The number of rotatable bonds is 14. The van der Waals surface area contributed by atoms with Crippen LogP contribution in [0.25, 0.3) is 11.3 Å². The SMILES string of the molecule is CCC12C(=O)C34C5C[C@H](Cc6ccc(Cl)cc6)N(C)C3[C@@H](COC)NC4[C@H](C)N(Cc3ccc(C(F)(F)F)cc3Oc3ccc(-c4cnc(CN6CCCC6)n4C)cc3)C1C[C@@H](Cc1ccccc1)C2N(C)[C@@H](C)CN5. The predicted octanol–water partition coefficient (Wildman–Crippen LogP) is 9.90. The Kier molecular flexibility index (Phi) is 14.9. The molecule has 0 radical (unpaired) electrons. The molecule has 1 spiro atoms. The second-order valence-corrected chi connectivity index (χ2v) is 23.7. The van der Waals surface area contributed by atoms with E-state index in [2.05, 4.69) is 112 Å². The maximum Gasteiger partial charge on any atom is 0.416 e. The molecule has 4 aromatic carbocycles. The Labute approximate surface area is 452 Å². The number of carbonyl (C=O) groups is 1. The number of Topliss-reactive ketones (excluding diaryl/α,β-unsaturated/α-hetero) is 1. The topological polar surface area (TPSA) is 90.4 Å². The molecule has 406 valence electrons. The van der Waals surface area contributed by atoms with Crippen molar-refractivity contribution >= 4 is 17.4 Å². The molecule has 7 unspecified atom stereocenters. The van der Waals surface area contributed by atoms with Crippen molar-refractivity contribution in [2.75, 3.05) is 47.4 Å². The molecule has 5 aliphatic heterocycles. The summed E-state index contributed by atoms with van der Waals surface area (Å²) in [5, 5.41) is 9.00. The molecule has 1 aliphatic carbocycles. The van der Waals surface area contributed by atoms with Gasteiger partial charge in [-0.1, -0.05) is 67.1 Å². The largest absolute Gasteiger partial charge is 0.457 e. The minimum atomic E-state index is -4.60. The number of hydrogen-bond acceptors (Lipinski definition) is 10. The molecular formula is C61H76ClF3N8O3. The van der Waals surface area contributed by atoms with Crippen LogP contribution in [0.1, 0.15) is 81.0 Å². The number of aromatic nitrogens is 2. The van der Waals surface area contributed by atoms with E-state index < -0.39 is 22.6 Å². The minimum Gasteiger partial charge on any atom is -0.457 e. The van der Waals surface area contributed by atoms with E-state index in [0.29, 0.717) is 41.7 Å². The van der Waals surface area contributed by atoms with Crippen molar-refractivity contribution in [1.29, 1.82) is 0 Å². The summed E-state index contributed by atoms with van der Waals surface area (Å²) in [4.78, 5) is 32.2. The molecule has 2 bridgehead atoms. The number of carbonyl (C=O) groups excluding carboxylic acids is 1. The number of piperidine rings is 1. The Morgan fingerprint density at radius 3 is 2.28 bits per heavy atom. The summed E-state index contributed by atoms with van der Waals surface area (Å²) < 4.78 is 59.4. The highest BCUT2D eigenvalue weighted by molar-refractivity contribution is 6.30. The van der Waals surface area contributed by atoms with E-state index in [0.717, 1.165) is 68.5 Å². The highest BCUT2D eigenvalue weighted by Gasteiger charge is 2.77. The van der Waals surface area contributed by atoms with Crippen LogP contribution in [-0.2, 0) is 48.7 Å². The zero-order valence-corrected chi connectivity index (χ0v) is 46.0. The van der Waals surface area contributed by atoms with Crippen molar-refractivity contribution in [2.45, 2.75) is 139 Å². The van der Waals surface area contributed by atoms with Gasteiger partial charge in [0, 0.05) is 97.8 Å². The number of nitrogens with zero attached hydrogens (tertiary/aromatic N) is 6. The van der Waals surface area contributed by atoms with Crippen molar-refractivity contribution in [3.05, 3.63) is 136 Å². The average Bonchev–Trinajstić information content (AvgIpc) is 4.37. The molecule has 5 aromatic rings. The van der Waals surface area contributed by atoms with Crippen molar-refractivity contribution in [2.24, 2.45) is 23.8 Å². The summed E-state index contributed by atoms with van der Waals surface area (Å²) >= 11 is 6.40. The first-order chi connectivity index (χ1) is 36.6. The first kappa shape index (κ1) is 53.4. The highest BCUT2D eigenvalue weighted by atomic mass is 35.5. The number of ether oxygens (including phenoxy) is 2. The third-order valence-electron chi connectivity index (χ3n) is 19.4. The zero-order valence-electron chi connectivity index (χ0n) is 45.2. The maximum absolute atomic E-state index is 17.5. The number of methoxy groups -OCH3 is 1. The Morgan fingerprint density at radius 2 is 1.58 bits per heavy atom. The number of nitrogens with one attached hydrogen (secondary N) is 2. The van der Waals surface area contributed by atoms with Gasteiger partial charge in [-0.3, -0.25) is 24.4 Å². The van der Waals surface area contributed by atoms with E-state index in [1.807, 2.05) is 49.6 Å². The average molecular weight is 1060 g/mol. The van der Waals surface area contributed by atoms with Gasteiger partial charge in [-0.15, -0.1) is 0 Å². The highest BCUT2D eigenvalue weighted by Crippen LogP contribution is 2.63. The zero-order chi connectivity index (χ0) is 53.3. The number of alkyl halides is 3. The van der Waals surface area contributed by atoms with Crippen LogP contribution in [0.3, 0.4) is 0 Å². The van der Waals surface area contributed by atoms with Gasteiger partial charge in [0.2, 0.25) is 0 Å². The summed E-state index contributed by atoms with van der Waals surface area (Å²) in [6, 6.07) is 28.9. The lowest BCUT2D eigenvalue weighted by Crippen LogP contribution is -2.73. The molecule has 5 saturated heterocycles.